The maximum absolute atomic E-state index is 11.9. The van der Waals surface area contributed by atoms with Crippen LogP contribution in [0.1, 0.15) is 30.5 Å². The molecule has 156 valence electrons. The molecule has 0 heterocycles. The van der Waals surface area contributed by atoms with Crippen LogP contribution >= 0.6 is 0 Å². The van der Waals surface area contributed by atoms with Crippen LogP contribution in [0.5, 0.6) is 28.7 Å². The van der Waals surface area contributed by atoms with Crippen molar-refractivity contribution in [2.24, 2.45) is 0 Å². The molecule has 2 aromatic rings. The number of nitrogens with one attached hydrogen (secondary N) is 1. The Labute approximate surface area is 170 Å². The number of methoxy groups -OCH3 is 5. The summed E-state index contributed by atoms with van der Waals surface area (Å²) in [6.07, 6.45) is 1.43. The van der Waals surface area contributed by atoms with Crippen molar-refractivity contribution in [2.45, 2.75) is 25.8 Å². The molecular weight excluding hydrogens is 374 g/mol. The summed E-state index contributed by atoms with van der Waals surface area (Å²) in [6.45, 7) is 1.52. The first kappa shape index (κ1) is 20.6. The average molecular weight is 401 g/mol. The molecule has 2 aromatic carbocycles. The monoisotopic (exact) mass is 401 g/mol. The van der Waals surface area contributed by atoms with Gasteiger partial charge in [0.05, 0.1) is 41.6 Å². The van der Waals surface area contributed by atoms with Gasteiger partial charge in [0.1, 0.15) is 0 Å². The molecule has 1 aliphatic rings. The minimum Gasteiger partial charge on any atom is -0.493 e. The van der Waals surface area contributed by atoms with Gasteiger partial charge in [-0.3, -0.25) is 4.79 Å². The molecule has 0 radical (unpaired) electrons. The summed E-state index contributed by atoms with van der Waals surface area (Å²) in [7, 11) is 7.98. The Balaban J connectivity index is 2.37. The highest BCUT2D eigenvalue weighted by Crippen LogP contribution is 2.52. The number of carbonyl (C=O) groups excluding carboxylic acids is 1. The Morgan fingerprint density at radius 1 is 0.862 bits per heavy atom. The molecule has 7 heteroatoms. The van der Waals surface area contributed by atoms with Gasteiger partial charge in [0.2, 0.25) is 11.7 Å². The zero-order valence-corrected chi connectivity index (χ0v) is 17.7. The normalized spacial score (nSPS) is 14.8. The van der Waals surface area contributed by atoms with E-state index in [0.29, 0.717) is 35.2 Å². The summed E-state index contributed by atoms with van der Waals surface area (Å²) in [6, 6.07) is 5.62. The van der Waals surface area contributed by atoms with Gasteiger partial charge < -0.3 is 29.0 Å². The van der Waals surface area contributed by atoms with Crippen molar-refractivity contribution in [1.29, 1.82) is 0 Å². The van der Waals surface area contributed by atoms with E-state index in [4.69, 9.17) is 23.7 Å². The van der Waals surface area contributed by atoms with Crippen molar-refractivity contribution in [1.82, 2.24) is 5.32 Å². The maximum Gasteiger partial charge on any atom is 0.217 e. The largest absolute Gasteiger partial charge is 0.493 e. The summed E-state index contributed by atoms with van der Waals surface area (Å²) >= 11 is 0. The van der Waals surface area contributed by atoms with E-state index >= 15 is 0 Å². The Morgan fingerprint density at radius 2 is 1.48 bits per heavy atom. The van der Waals surface area contributed by atoms with Gasteiger partial charge in [-0.2, -0.15) is 0 Å². The van der Waals surface area contributed by atoms with Crippen molar-refractivity contribution >= 4 is 5.91 Å². The van der Waals surface area contributed by atoms with Gasteiger partial charge in [-0.05, 0) is 47.7 Å². The number of hydrogen-bond donors (Lipinski definition) is 1. The Morgan fingerprint density at radius 3 is 2.03 bits per heavy atom. The lowest BCUT2D eigenvalue weighted by Crippen LogP contribution is -2.26. The second-order valence-electron chi connectivity index (χ2n) is 6.77. The molecule has 1 N–H and O–H groups in total. The van der Waals surface area contributed by atoms with E-state index in [1.165, 1.54) is 6.92 Å². The SMILES string of the molecule is COc1cc2c(cc1OC)C(NC(C)=O)CCc1cc(OC)c(OC)c(OC)c1-2. The zero-order chi connectivity index (χ0) is 21.1. The summed E-state index contributed by atoms with van der Waals surface area (Å²) in [5.74, 6) is 2.81. The highest BCUT2D eigenvalue weighted by atomic mass is 16.5. The van der Waals surface area contributed by atoms with Crippen molar-refractivity contribution in [3.05, 3.63) is 29.3 Å². The minimum absolute atomic E-state index is 0.0937. The van der Waals surface area contributed by atoms with Crippen LogP contribution in [-0.4, -0.2) is 41.5 Å². The van der Waals surface area contributed by atoms with E-state index < -0.39 is 0 Å². The van der Waals surface area contributed by atoms with Crippen LogP contribution in [0.15, 0.2) is 18.2 Å². The number of fused-ring (bicyclic) bond motifs is 3. The number of amides is 1. The topological polar surface area (TPSA) is 75.3 Å². The van der Waals surface area contributed by atoms with E-state index in [1.807, 2.05) is 18.2 Å². The van der Waals surface area contributed by atoms with Crippen molar-refractivity contribution in [3.63, 3.8) is 0 Å². The first-order valence-electron chi connectivity index (χ1n) is 9.34. The third-order valence-electron chi connectivity index (χ3n) is 5.19. The molecule has 1 amide bonds. The Bertz CT molecular complexity index is 924. The maximum atomic E-state index is 11.9. The van der Waals surface area contributed by atoms with Gasteiger partial charge in [0, 0.05) is 12.5 Å². The van der Waals surface area contributed by atoms with Crippen molar-refractivity contribution in [2.75, 3.05) is 35.5 Å². The second-order valence-corrected chi connectivity index (χ2v) is 6.77. The molecule has 0 saturated carbocycles. The van der Waals surface area contributed by atoms with Crippen molar-refractivity contribution < 1.29 is 28.5 Å². The molecule has 7 nitrogen and oxygen atoms in total. The fourth-order valence-corrected chi connectivity index (χ4v) is 3.95. The summed E-state index contributed by atoms with van der Waals surface area (Å²) in [5.41, 5.74) is 3.77. The second kappa shape index (κ2) is 8.51. The predicted molar refractivity (Wildman–Crippen MR) is 110 cm³/mol. The highest BCUT2D eigenvalue weighted by molar-refractivity contribution is 5.85. The zero-order valence-electron chi connectivity index (χ0n) is 17.7. The van der Waals surface area contributed by atoms with Crippen LogP contribution in [-0.2, 0) is 11.2 Å². The first-order valence-corrected chi connectivity index (χ1v) is 9.34. The average Bonchev–Trinajstić information content (AvgIpc) is 2.87. The lowest BCUT2D eigenvalue weighted by molar-refractivity contribution is -0.119. The number of carbonyl (C=O) groups is 1. The molecule has 0 aliphatic heterocycles. The third kappa shape index (κ3) is 3.64. The Hall–Kier alpha value is -3.09. The number of aryl methyl sites for hydroxylation is 1. The lowest BCUT2D eigenvalue weighted by atomic mass is 9.93. The summed E-state index contributed by atoms with van der Waals surface area (Å²) in [5, 5.41) is 3.06. The van der Waals surface area contributed by atoms with Crippen LogP contribution in [0.25, 0.3) is 11.1 Å². The van der Waals surface area contributed by atoms with Gasteiger partial charge in [0.25, 0.3) is 0 Å². The Kier molecular flexibility index (Phi) is 6.06. The molecule has 1 unspecified atom stereocenters. The van der Waals surface area contributed by atoms with Gasteiger partial charge in [-0.1, -0.05) is 0 Å². The fraction of sp³-hybridized carbons (Fsp3) is 0.409. The molecule has 3 rings (SSSR count). The standard InChI is InChI=1S/C22H27NO6/c1-12(24)23-16-8-7-13-9-19(27-4)21(28-5)22(29-6)20(13)15-11-18(26-3)17(25-2)10-14(15)16/h9-11,16H,7-8H2,1-6H3,(H,23,24). The molecule has 1 aliphatic carbocycles. The van der Waals surface area contributed by atoms with Crippen molar-refractivity contribution in [3.8, 4) is 39.9 Å². The van der Waals surface area contributed by atoms with E-state index in [0.717, 1.165) is 28.7 Å². The van der Waals surface area contributed by atoms with Crippen LogP contribution in [0.2, 0.25) is 0 Å². The molecule has 1 atom stereocenters. The molecule has 0 bridgehead atoms. The molecule has 0 spiro atoms. The molecule has 0 saturated heterocycles. The van der Waals surface area contributed by atoms with Crippen LogP contribution in [0.4, 0.5) is 0 Å². The third-order valence-corrected chi connectivity index (χ3v) is 5.19. The van der Waals surface area contributed by atoms with Crippen LogP contribution < -0.4 is 29.0 Å². The lowest BCUT2D eigenvalue weighted by Gasteiger charge is -2.22. The van der Waals surface area contributed by atoms with E-state index in [-0.39, 0.29) is 11.9 Å². The van der Waals surface area contributed by atoms with Gasteiger partial charge in [0.15, 0.2) is 23.0 Å². The van der Waals surface area contributed by atoms with Gasteiger partial charge in [-0.25, -0.2) is 0 Å². The quantitative estimate of drug-likeness (QED) is 0.798. The molecule has 0 fully saturated rings. The number of hydrogen-bond acceptors (Lipinski definition) is 6. The minimum atomic E-state index is -0.184. The summed E-state index contributed by atoms with van der Waals surface area (Å²) < 4.78 is 27.9. The number of rotatable bonds is 6. The fourth-order valence-electron chi connectivity index (χ4n) is 3.95. The summed E-state index contributed by atoms with van der Waals surface area (Å²) in [4.78, 5) is 11.9. The predicted octanol–water partition coefficient (Wildman–Crippen LogP) is 3.52. The van der Waals surface area contributed by atoms with E-state index in [2.05, 4.69) is 5.32 Å². The first-order chi connectivity index (χ1) is 14.0. The molecular formula is C22H27NO6. The number of ether oxygens (including phenoxy) is 5. The van der Waals surface area contributed by atoms with Crippen LogP contribution in [0.3, 0.4) is 0 Å². The van der Waals surface area contributed by atoms with Crippen LogP contribution in [0, 0.1) is 0 Å². The molecule has 29 heavy (non-hydrogen) atoms. The van der Waals surface area contributed by atoms with Gasteiger partial charge in [-0.15, -0.1) is 0 Å². The molecule has 0 aromatic heterocycles. The smallest absolute Gasteiger partial charge is 0.217 e. The highest BCUT2D eigenvalue weighted by Gasteiger charge is 2.30. The van der Waals surface area contributed by atoms with Gasteiger partial charge >= 0.3 is 0 Å². The van der Waals surface area contributed by atoms with E-state index in [1.54, 1.807) is 35.5 Å². The number of benzene rings is 2. The van der Waals surface area contributed by atoms with E-state index in [9.17, 15) is 4.79 Å².